The number of nitrogens with two attached hydrogens (primary N) is 1. The molecule has 2 rings (SSSR count). The number of hydrogen-bond acceptors (Lipinski definition) is 5. The van der Waals surface area contributed by atoms with Gasteiger partial charge in [0.2, 0.25) is 10.0 Å². The molecule has 4 N–H and O–H groups in total. The van der Waals surface area contributed by atoms with E-state index in [0.717, 1.165) is 17.9 Å². The van der Waals surface area contributed by atoms with Crippen molar-refractivity contribution in [2.24, 2.45) is 5.14 Å². The second kappa shape index (κ2) is 9.58. The average molecular weight is 382 g/mol. The SMILES string of the molecule is Cl.NS(=O)(=O)c1cc(C(=O)NCCNC2CCCCCC2)cs1. The molecule has 1 aromatic heterocycles. The quantitative estimate of drug-likeness (QED) is 0.517. The van der Waals surface area contributed by atoms with Crippen molar-refractivity contribution in [3.05, 3.63) is 17.0 Å². The molecule has 9 heteroatoms. The predicted molar refractivity (Wildman–Crippen MR) is 94.8 cm³/mol. The number of sulfonamides is 1. The van der Waals surface area contributed by atoms with Gasteiger partial charge in [-0.05, 0) is 18.9 Å². The number of primary sulfonamides is 1. The van der Waals surface area contributed by atoms with E-state index in [2.05, 4.69) is 10.6 Å². The molecule has 1 aliphatic carbocycles. The summed E-state index contributed by atoms with van der Waals surface area (Å²) in [5.41, 5.74) is 0.337. The number of hydrogen-bond donors (Lipinski definition) is 3. The van der Waals surface area contributed by atoms with Gasteiger partial charge in [-0.15, -0.1) is 23.7 Å². The first-order chi connectivity index (χ1) is 10.5. The molecule has 1 aliphatic rings. The molecule has 0 aromatic carbocycles. The first-order valence-electron chi connectivity index (χ1n) is 7.60. The minimum Gasteiger partial charge on any atom is -0.351 e. The van der Waals surface area contributed by atoms with Gasteiger partial charge in [0.1, 0.15) is 4.21 Å². The molecule has 0 aliphatic heterocycles. The Morgan fingerprint density at radius 2 is 1.87 bits per heavy atom. The number of carbonyl (C=O) groups is 1. The molecule has 0 bridgehead atoms. The second-order valence-corrected chi connectivity index (χ2v) is 8.30. The van der Waals surface area contributed by atoms with Crippen LogP contribution >= 0.6 is 23.7 Å². The summed E-state index contributed by atoms with van der Waals surface area (Å²) in [6.07, 6.45) is 7.59. The minimum absolute atomic E-state index is 0. The van der Waals surface area contributed by atoms with Crippen LogP contribution in [0.25, 0.3) is 0 Å². The van der Waals surface area contributed by atoms with Gasteiger partial charge in [-0.3, -0.25) is 4.79 Å². The Hall–Kier alpha value is -0.670. The van der Waals surface area contributed by atoms with Crippen molar-refractivity contribution >= 4 is 39.7 Å². The Morgan fingerprint density at radius 3 is 2.43 bits per heavy atom. The number of rotatable bonds is 6. The fourth-order valence-electron chi connectivity index (χ4n) is 2.62. The maximum atomic E-state index is 11.9. The molecule has 1 fully saturated rings. The molecule has 1 aromatic rings. The van der Waals surface area contributed by atoms with E-state index in [1.165, 1.54) is 50.0 Å². The molecule has 0 unspecified atom stereocenters. The number of amides is 1. The Balaban J connectivity index is 0.00000264. The summed E-state index contributed by atoms with van der Waals surface area (Å²) in [5.74, 6) is -0.270. The lowest BCUT2D eigenvalue weighted by atomic mass is 10.1. The summed E-state index contributed by atoms with van der Waals surface area (Å²) in [4.78, 5) is 11.9. The lowest BCUT2D eigenvalue weighted by molar-refractivity contribution is 0.0954. The van der Waals surface area contributed by atoms with Crippen LogP contribution in [-0.4, -0.2) is 33.5 Å². The molecular weight excluding hydrogens is 358 g/mol. The monoisotopic (exact) mass is 381 g/mol. The molecular formula is C14H24ClN3O3S2. The van der Waals surface area contributed by atoms with Gasteiger partial charge in [0.25, 0.3) is 5.91 Å². The van der Waals surface area contributed by atoms with Crippen molar-refractivity contribution in [3.63, 3.8) is 0 Å². The fraction of sp³-hybridized carbons (Fsp3) is 0.643. The fourth-order valence-corrected chi connectivity index (χ4v) is 4.21. The second-order valence-electron chi connectivity index (χ2n) is 5.60. The van der Waals surface area contributed by atoms with Crippen LogP contribution in [0.4, 0.5) is 0 Å². The molecule has 0 radical (unpaired) electrons. The summed E-state index contributed by atoms with van der Waals surface area (Å²) in [6, 6.07) is 1.86. The zero-order valence-electron chi connectivity index (χ0n) is 12.9. The van der Waals surface area contributed by atoms with Crippen LogP contribution in [0.3, 0.4) is 0 Å². The predicted octanol–water partition coefficient (Wildman–Crippen LogP) is 1.86. The molecule has 1 amide bonds. The van der Waals surface area contributed by atoms with Gasteiger partial charge in [-0.2, -0.15) is 0 Å². The van der Waals surface area contributed by atoms with Gasteiger partial charge < -0.3 is 10.6 Å². The summed E-state index contributed by atoms with van der Waals surface area (Å²) < 4.78 is 22.4. The maximum Gasteiger partial charge on any atom is 0.252 e. The number of nitrogens with one attached hydrogen (secondary N) is 2. The summed E-state index contributed by atoms with van der Waals surface area (Å²) in [5, 5.41) is 12.8. The molecule has 6 nitrogen and oxygen atoms in total. The van der Waals surface area contributed by atoms with Gasteiger partial charge >= 0.3 is 0 Å². The van der Waals surface area contributed by atoms with Crippen LogP contribution < -0.4 is 15.8 Å². The largest absolute Gasteiger partial charge is 0.351 e. The first kappa shape index (κ1) is 20.4. The highest BCUT2D eigenvalue weighted by Crippen LogP contribution is 2.19. The standard InChI is InChI=1S/C14H23N3O3S2.ClH/c15-22(19,20)13-9-11(10-21-13)14(18)17-8-7-16-12-5-3-1-2-4-6-12;/h9-10,12,16H,1-8H2,(H,17,18)(H2,15,19,20);1H. The molecule has 1 saturated carbocycles. The Bertz CT molecular complexity index is 596. The van der Waals surface area contributed by atoms with Crippen LogP contribution in [0.2, 0.25) is 0 Å². The van der Waals surface area contributed by atoms with E-state index in [4.69, 9.17) is 5.14 Å². The van der Waals surface area contributed by atoms with E-state index in [0.29, 0.717) is 18.2 Å². The summed E-state index contributed by atoms with van der Waals surface area (Å²) in [6.45, 7) is 1.25. The van der Waals surface area contributed by atoms with Crippen LogP contribution in [0, 0.1) is 0 Å². The van der Waals surface area contributed by atoms with Crippen LogP contribution in [-0.2, 0) is 10.0 Å². The Kier molecular flexibility index (Phi) is 8.49. The maximum absolute atomic E-state index is 11.9. The number of halogens is 1. The Morgan fingerprint density at radius 1 is 1.22 bits per heavy atom. The van der Waals surface area contributed by atoms with Gasteiger partial charge in [0.05, 0.1) is 5.56 Å². The normalized spacial score (nSPS) is 16.4. The van der Waals surface area contributed by atoms with E-state index in [1.807, 2.05) is 0 Å². The lowest BCUT2D eigenvalue weighted by Crippen LogP contribution is -2.36. The van der Waals surface area contributed by atoms with Gasteiger partial charge in [-0.25, -0.2) is 13.6 Å². The minimum atomic E-state index is -3.73. The average Bonchev–Trinajstić information content (AvgIpc) is 2.83. The van der Waals surface area contributed by atoms with E-state index < -0.39 is 10.0 Å². The highest BCUT2D eigenvalue weighted by Gasteiger charge is 2.15. The van der Waals surface area contributed by atoms with Crippen molar-refractivity contribution in [2.75, 3.05) is 13.1 Å². The van der Waals surface area contributed by atoms with Crippen molar-refractivity contribution < 1.29 is 13.2 Å². The summed E-state index contributed by atoms with van der Waals surface area (Å²) >= 11 is 0.960. The first-order valence-corrected chi connectivity index (χ1v) is 10.0. The molecule has 23 heavy (non-hydrogen) atoms. The van der Waals surface area contributed by atoms with E-state index in [9.17, 15) is 13.2 Å². The lowest BCUT2D eigenvalue weighted by Gasteiger charge is -2.16. The van der Waals surface area contributed by atoms with Crippen LogP contribution in [0.1, 0.15) is 48.9 Å². The molecule has 0 atom stereocenters. The summed E-state index contributed by atoms with van der Waals surface area (Å²) in [7, 11) is -3.73. The highest BCUT2D eigenvalue weighted by atomic mass is 35.5. The van der Waals surface area contributed by atoms with Crippen molar-refractivity contribution in [3.8, 4) is 0 Å². The highest BCUT2D eigenvalue weighted by molar-refractivity contribution is 7.91. The smallest absolute Gasteiger partial charge is 0.252 e. The molecule has 0 saturated heterocycles. The Labute approximate surface area is 147 Å². The van der Waals surface area contributed by atoms with E-state index in [-0.39, 0.29) is 22.5 Å². The zero-order chi connectivity index (χ0) is 16.0. The van der Waals surface area contributed by atoms with Crippen molar-refractivity contribution in [2.45, 2.75) is 48.8 Å². The van der Waals surface area contributed by atoms with Crippen molar-refractivity contribution in [1.82, 2.24) is 10.6 Å². The zero-order valence-corrected chi connectivity index (χ0v) is 15.4. The van der Waals surface area contributed by atoms with Gasteiger partial charge in [-0.1, -0.05) is 25.7 Å². The number of carbonyl (C=O) groups excluding carboxylic acids is 1. The third-order valence-corrected chi connectivity index (χ3v) is 6.20. The molecule has 0 spiro atoms. The molecule has 1 heterocycles. The van der Waals surface area contributed by atoms with E-state index >= 15 is 0 Å². The van der Waals surface area contributed by atoms with Crippen molar-refractivity contribution in [1.29, 1.82) is 0 Å². The van der Waals surface area contributed by atoms with Gasteiger partial charge in [0.15, 0.2) is 0 Å². The van der Waals surface area contributed by atoms with E-state index in [1.54, 1.807) is 0 Å². The van der Waals surface area contributed by atoms with Crippen LogP contribution in [0.5, 0.6) is 0 Å². The van der Waals surface area contributed by atoms with Crippen LogP contribution in [0.15, 0.2) is 15.7 Å². The third-order valence-electron chi connectivity index (χ3n) is 3.82. The number of thiophene rings is 1. The topological polar surface area (TPSA) is 101 Å². The molecule has 132 valence electrons. The van der Waals surface area contributed by atoms with Gasteiger partial charge in [0, 0.05) is 24.5 Å². The third kappa shape index (κ3) is 6.76.